The van der Waals surface area contributed by atoms with Crippen LogP contribution in [0.1, 0.15) is 40.6 Å². The zero-order valence-electron chi connectivity index (χ0n) is 13.6. The van der Waals surface area contributed by atoms with Crippen molar-refractivity contribution in [3.05, 3.63) is 49.6 Å². The van der Waals surface area contributed by atoms with Crippen LogP contribution in [0.5, 0.6) is 0 Å². The Morgan fingerprint density at radius 1 is 1.35 bits per heavy atom. The van der Waals surface area contributed by atoms with Crippen LogP contribution in [0.25, 0.3) is 4.96 Å². The summed E-state index contributed by atoms with van der Waals surface area (Å²) in [5, 5.41) is 3.20. The summed E-state index contributed by atoms with van der Waals surface area (Å²) in [6, 6.07) is 1.87. The van der Waals surface area contributed by atoms with Crippen LogP contribution in [0.4, 0.5) is 13.2 Å². The molecule has 0 aliphatic carbocycles. The topological polar surface area (TPSA) is 69.3 Å². The van der Waals surface area contributed by atoms with Crippen LogP contribution in [-0.4, -0.2) is 24.9 Å². The second-order valence-corrected chi connectivity index (χ2v) is 6.94. The van der Waals surface area contributed by atoms with Gasteiger partial charge in [-0.2, -0.15) is 18.3 Å². The van der Waals surface area contributed by atoms with Crippen LogP contribution >= 0.6 is 22.9 Å². The minimum atomic E-state index is -4.62. The fourth-order valence-electron chi connectivity index (χ4n) is 2.54. The molecule has 0 radical (unpaired) electrons. The normalized spacial score (nSPS) is 12.1. The van der Waals surface area contributed by atoms with Crippen LogP contribution in [-0.2, 0) is 19.1 Å². The van der Waals surface area contributed by atoms with Crippen molar-refractivity contribution in [1.82, 2.24) is 19.2 Å². The van der Waals surface area contributed by atoms with E-state index in [0.29, 0.717) is 17.4 Å². The Kier molecular flexibility index (Phi) is 4.65. The molecule has 0 spiro atoms. The summed E-state index contributed by atoms with van der Waals surface area (Å²) in [6.07, 6.45) is -4.07. The third-order valence-corrected chi connectivity index (χ3v) is 5.12. The highest BCUT2D eigenvalue weighted by atomic mass is 35.5. The van der Waals surface area contributed by atoms with E-state index in [9.17, 15) is 22.8 Å². The van der Waals surface area contributed by atoms with E-state index in [1.165, 1.54) is 22.7 Å². The zero-order chi connectivity index (χ0) is 19.2. The second kappa shape index (κ2) is 6.51. The number of ketones is 1. The fourth-order valence-corrected chi connectivity index (χ4v) is 3.87. The van der Waals surface area contributed by atoms with Crippen LogP contribution < -0.4 is 5.56 Å². The standard InChI is InChI=1S/C15H12ClF3N4O2S/c1-3-9-13(7(2)24)23-12(25)4-8(20-14(23)26-9)6-22-11(16)5-10(21-22)15(17,18)19/h4-5H,3,6H2,1-2H3. The van der Waals surface area contributed by atoms with E-state index in [0.717, 1.165) is 15.6 Å². The Hall–Kier alpha value is -2.20. The van der Waals surface area contributed by atoms with Crippen molar-refractivity contribution in [2.75, 3.05) is 0 Å². The van der Waals surface area contributed by atoms with Crippen LogP contribution in [0.15, 0.2) is 16.9 Å². The van der Waals surface area contributed by atoms with E-state index in [1.807, 2.05) is 6.92 Å². The lowest BCUT2D eigenvalue weighted by molar-refractivity contribution is -0.141. The van der Waals surface area contributed by atoms with Crippen molar-refractivity contribution in [2.24, 2.45) is 0 Å². The maximum absolute atomic E-state index is 12.7. The highest BCUT2D eigenvalue weighted by Gasteiger charge is 2.34. The average Bonchev–Trinajstić information content (AvgIpc) is 3.08. The van der Waals surface area contributed by atoms with Gasteiger partial charge in [0.1, 0.15) is 10.8 Å². The number of halogens is 4. The third-order valence-electron chi connectivity index (χ3n) is 3.63. The van der Waals surface area contributed by atoms with Crippen molar-refractivity contribution in [1.29, 1.82) is 0 Å². The SMILES string of the molecule is CCc1sc2nc(Cn3nc(C(F)(F)F)cc3Cl)cc(=O)n2c1C(C)=O. The number of hydrogen-bond acceptors (Lipinski definition) is 5. The molecule has 0 N–H and O–H groups in total. The maximum Gasteiger partial charge on any atom is 0.435 e. The van der Waals surface area contributed by atoms with Gasteiger partial charge in [-0.1, -0.05) is 18.5 Å². The largest absolute Gasteiger partial charge is 0.435 e. The first-order valence-electron chi connectivity index (χ1n) is 7.47. The molecule has 0 saturated heterocycles. The number of nitrogens with zero attached hydrogens (tertiary/aromatic N) is 4. The molecular formula is C15H12ClF3N4O2S. The number of Topliss-reactive ketones (excluding diaryl/α,β-unsaturated/α-hetero) is 1. The molecule has 0 unspecified atom stereocenters. The summed E-state index contributed by atoms with van der Waals surface area (Å²) in [6.45, 7) is 3.02. The van der Waals surface area contributed by atoms with Gasteiger partial charge in [0.25, 0.3) is 5.56 Å². The lowest BCUT2D eigenvalue weighted by Gasteiger charge is -2.04. The molecule has 0 aliphatic rings. The number of alkyl halides is 3. The van der Waals surface area contributed by atoms with Crippen molar-refractivity contribution in [2.45, 2.75) is 33.0 Å². The van der Waals surface area contributed by atoms with Crippen molar-refractivity contribution >= 4 is 33.7 Å². The highest BCUT2D eigenvalue weighted by Crippen LogP contribution is 2.30. The quantitative estimate of drug-likeness (QED) is 0.625. The predicted octanol–water partition coefficient (Wildman–Crippen LogP) is 3.44. The molecule has 0 fully saturated rings. The van der Waals surface area contributed by atoms with Crippen LogP contribution in [0.3, 0.4) is 0 Å². The molecule has 0 saturated carbocycles. The van der Waals surface area contributed by atoms with E-state index in [1.54, 1.807) is 0 Å². The number of aryl methyl sites for hydroxylation is 1. The summed E-state index contributed by atoms with van der Waals surface area (Å²) in [4.78, 5) is 29.6. The molecule has 3 aromatic heterocycles. The number of aromatic nitrogens is 4. The zero-order valence-corrected chi connectivity index (χ0v) is 15.2. The van der Waals surface area contributed by atoms with Crippen molar-refractivity contribution in [3.8, 4) is 0 Å². The van der Waals surface area contributed by atoms with Gasteiger partial charge >= 0.3 is 6.18 Å². The number of hydrogen-bond donors (Lipinski definition) is 0. The Morgan fingerprint density at radius 3 is 2.58 bits per heavy atom. The molecule has 0 aliphatic heterocycles. The van der Waals surface area contributed by atoms with Gasteiger partial charge in [-0.25, -0.2) is 14.1 Å². The third kappa shape index (κ3) is 3.26. The number of thiazole rings is 1. The number of carbonyl (C=O) groups is 1. The number of carbonyl (C=O) groups excluding carboxylic acids is 1. The van der Waals surface area contributed by atoms with Crippen LogP contribution in [0.2, 0.25) is 5.15 Å². The smallest absolute Gasteiger partial charge is 0.293 e. The maximum atomic E-state index is 12.7. The molecule has 138 valence electrons. The van der Waals surface area contributed by atoms with Gasteiger partial charge in [-0.05, 0) is 6.42 Å². The lowest BCUT2D eigenvalue weighted by Crippen LogP contribution is -2.19. The van der Waals surface area contributed by atoms with Gasteiger partial charge in [0.2, 0.25) is 0 Å². The van der Waals surface area contributed by atoms with E-state index in [4.69, 9.17) is 11.6 Å². The first-order valence-corrected chi connectivity index (χ1v) is 8.67. The number of fused-ring (bicyclic) bond motifs is 1. The van der Waals surface area contributed by atoms with Crippen molar-refractivity contribution in [3.63, 3.8) is 0 Å². The summed E-state index contributed by atoms with van der Waals surface area (Å²) >= 11 is 6.99. The molecule has 6 nitrogen and oxygen atoms in total. The molecule has 0 aromatic carbocycles. The first kappa shape index (κ1) is 18.6. The van der Waals surface area contributed by atoms with Crippen molar-refractivity contribution < 1.29 is 18.0 Å². The predicted molar refractivity (Wildman–Crippen MR) is 90.1 cm³/mol. The molecule has 0 amide bonds. The molecule has 11 heteroatoms. The molecule has 0 atom stereocenters. The lowest BCUT2D eigenvalue weighted by atomic mass is 10.2. The molecule has 3 heterocycles. The van der Waals surface area contributed by atoms with Gasteiger partial charge in [0, 0.05) is 23.9 Å². The monoisotopic (exact) mass is 404 g/mol. The van der Waals surface area contributed by atoms with Gasteiger partial charge in [0.05, 0.1) is 12.2 Å². The highest BCUT2D eigenvalue weighted by molar-refractivity contribution is 7.17. The molecular weight excluding hydrogens is 393 g/mol. The molecule has 0 bridgehead atoms. The van der Waals surface area contributed by atoms with E-state index in [-0.39, 0.29) is 28.9 Å². The minimum Gasteiger partial charge on any atom is -0.293 e. The van der Waals surface area contributed by atoms with Gasteiger partial charge < -0.3 is 0 Å². The van der Waals surface area contributed by atoms with E-state index in [2.05, 4.69) is 10.1 Å². The summed E-state index contributed by atoms with van der Waals surface area (Å²) in [7, 11) is 0. The van der Waals surface area contributed by atoms with E-state index < -0.39 is 17.4 Å². The van der Waals surface area contributed by atoms with E-state index >= 15 is 0 Å². The average molecular weight is 405 g/mol. The number of rotatable bonds is 4. The second-order valence-electron chi connectivity index (χ2n) is 5.49. The molecule has 3 rings (SSSR count). The van der Waals surface area contributed by atoms with Gasteiger partial charge in [-0.3, -0.25) is 9.59 Å². The Balaban J connectivity index is 2.07. The molecule has 3 aromatic rings. The summed E-state index contributed by atoms with van der Waals surface area (Å²) < 4.78 is 40.3. The molecule has 26 heavy (non-hydrogen) atoms. The summed E-state index contributed by atoms with van der Waals surface area (Å²) in [5.41, 5.74) is -1.12. The summed E-state index contributed by atoms with van der Waals surface area (Å²) in [5.74, 6) is -0.255. The van der Waals surface area contributed by atoms with Gasteiger partial charge in [-0.15, -0.1) is 11.3 Å². The Labute approximate surface area is 153 Å². The van der Waals surface area contributed by atoms with Gasteiger partial charge in [0.15, 0.2) is 16.4 Å². The minimum absolute atomic E-state index is 0.199. The Morgan fingerprint density at radius 2 is 2.04 bits per heavy atom. The van der Waals surface area contributed by atoms with Crippen LogP contribution in [0, 0.1) is 0 Å². The Bertz CT molecular complexity index is 1070. The fraction of sp³-hybridized carbons (Fsp3) is 0.333. The first-order chi connectivity index (χ1) is 12.1.